The van der Waals surface area contributed by atoms with Gasteiger partial charge in [-0.15, -0.1) is 0 Å². The molecule has 1 rings (SSSR count). The summed E-state index contributed by atoms with van der Waals surface area (Å²) in [4.78, 5) is 0. The van der Waals surface area contributed by atoms with Gasteiger partial charge in [0.25, 0.3) is 0 Å². The summed E-state index contributed by atoms with van der Waals surface area (Å²) in [6, 6.07) is 5.05. The van der Waals surface area contributed by atoms with E-state index in [-0.39, 0.29) is 6.04 Å². The normalized spacial score (nSPS) is 14.6. The lowest BCUT2D eigenvalue weighted by Gasteiger charge is -2.17. The third-order valence-electron chi connectivity index (χ3n) is 2.09. The summed E-state index contributed by atoms with van der Waals surface area (Å²) in [5.41, 5.74) is 1.37. The molecule has 0 saturated heterocycles. The maximum absolute atomic E-state index is 8.52. The molecule has 0 amide bonds. The fourth-order valence-corrected chi connectivity index (χ4v) is 2.18. The molecule has 0 bridgehead atoms. The van der Waals surface area contributed by atoms with Gasteiger partial charge in [-0.05, 0) is 42.7 Å². The minimum absolute atomic E-state index is 0.286. The van der Waals surface area contributed by atoms with E-state index in [0.29, 0.717) is 12.5 Å². The molecule has 1 aromatic rings. The number of nitriles is 1. The van der Waals surface area contributed by atoms with Crippen molar-refractivity contribution in [3.8, 4) is 6.07 Å². The summed E-state index contributed by atoms with van der Waals surface area (Å²) in [5.74, 6) is 0. The van der Waals surface area contributed by atoms with Crippen molar-refractivity contribution < 1.29 is 0 Å². The van der Waals surface area contributed by atoms with Crippen LogP contribution in [0.25, 0.3) is 0 Å². The second kappa shape index (κ2) is 5.79. The first kappa shape index (κ1) is 11.2. The van der Waals surface area contributed by atoms with Crippen LogP contribution in [-0.4, -0.2) is 12.1 Å². The summed E-state index contributed by atoms with van der Waals surface area (Å²) < 4.78 is 0. The molecule has 2 unspecified atom stereocenters. The predicted molar refractivity (Wildman–Crippen MR) is 60.3 cm³/mol. The summed E-state index contributed by atoms with van der Waals surface area (Å²) >= 11 is 1.73. The maximum atomic E-state index is 8.52. The van der Waals surface area contributed by atoms with Crippen LogP contribution in [0.5, 0.6) is 0 Å². The van der Waals surface area contributed by atoms with E-state index in [4.69, 9.17) is 5.26 Å². The Morgan fingerprint density at radius 2 is 2.29 bits per heavy atom. The topological polar surface area (TPSA) is 35.8 Å². The molecule has 0 aliphatic carbocycles. The molecule has 0 aromatic carbocycles. The van der Waals surface area contributed by atoms with Crippen molar-refractivity contribution in [1.82, 2.24) is 5.32 Å². The van der Waals surface area contributed by atoms with Crippen molar-refractivity contribution in [2.45, 2.75) is 38.8 Å². The van der Waals surface area contributed by atoms with Crippen LogP contribution >= 0.6 is 11.3 Å². The van der Waals surface area contributed by atoms with Crippen LogP contribution in [0.15, 0.2) is 16.8 Å². The minimum Gasteiger partial charge on any atom is -0.310 e. The van der Waals surface area contributed by atoms with Crippen molar-refractivity contribution in [3.05, 3.63) is 22.4 Å². The van der Waals surface area contributed by atoms with Gasteiger partial charge in [-0.3, -0.25) is 0 Å². The highest BCUT2D eigenvalue weighted by Crippen LogP contribution is 2.08. The molecular formula is C11H16N2S. The molecule has 1 N–H and O–H groups in total. The number of nitrogens with one attached hydrogen (secondary N) is 1. The average Bonchev–Trinajstić information content (AvgIpc) is 2.56. The number of thiophene rings is 1. The molecule has 3 heteroatoms. The lowest BCUT2D eigenvalue weighted by atomic mass is 10.1. The third kappa shape index (κ3) is 3.91. The molecule has 0 aliphatic heterocycles. The van der Waals surface area contributed by atoms with Crippen LogP contribution in [0.4, 0.5) is 0 Å². The Balaban J connectivity index is 2.29. The first-order valence-corrected chi connectivity index (χ1v) is 5.80. The fraction of sp³-hybridized carbons (Fsp3) is 0.545. The van der Waals surface area contributed by atoms with Crippen LogP contribution in [-0.2, 0) is 6.42 Å². The Kier molecular flexibility index (Phi) is 4.64. The van der Waals surface area contributed by atoms with Gasteiger partial charge in [-0.25, -0.2) is 0 Å². The van der Waals surface area contributed by atoms with Crippen LogP contribution in [0.2, 0.25) is 0 Å². The fourth-order valence-electron chi connectivity index (χ4n) is 1.50. The first-order valence-electron chi connectivity index (χ1n) is 4.86. The second-order valence-electron chi connectivity index (χ2n) is 3.67. The highest BCUT2D eigenvalue weighted by atomic mass is 32.1. The molecule has 1 aromatic heterocycles. The van der Waals surface area contributed by atoms with E-state index in [2.05, 4.69) is 35.1 Å². The Bertz CT molecular complexity index is 287. The summed E-state index contributed by atoms with van der Waals surface area (Å²) in [6.45, 7) is 4.21. The Morgan fingerprint density at radius 3 is 2.86 bits per heavy atom. The summed E-state index contributed by atoms with van der Waals surface area (Å²) in [7, 11) is 0. The lowest BCUT2D eigenvalue weighted by Crippen LogP contribution is -2.35. The van der Waals surface area contributed by atoms with E-state index in [1.165, 1.54) is 5.56 Å². The SMILES string of the molecule is CC(CC#N)NC(C)Cc1ccsc1. The van der Waals surface area contributed by atoms with Gasteiger partial charge in [0, 0.05) is 12.1 Å². The molecule has 0 fully saturated rings. The van der Waals surface area contributed by atoms with Crippen LogP contribution < -0.4 is 5.32 Å². The Morgan fingerprint density at radius 1 is 1.50 bits per heavy atom. The van der Waals surface area contributed by atoms with Crippen molar-refractivity contribution in [1.29, 1.82) is 5.26 Å². The molecule has 0 saturated carbocycles. The van der Waals surface area contributed by atoms with Crippen LogP contribution in [0, 0.1) is 11.3 Å². The molecule has 1 heterocycles. The van der Waals surface area contributed by atoms with Crippen LogP contribution in [0.1, 0.15) is 25.8 Å². The molecular weight excluding hydrogens is 192 g/mol. The largest absolute Gasteiger partial charge is 0.310 e. The third-order valence-corrected chi connectivity index (χ3v) is 2.82. The van der Waals surface area contributed by atoms with Gasteiger partial charge in [-0.1, -0.05) is 0 Å². The zero-order valence-corrected chi connectivity index (χ0v) is 9.47. The van der Waals surface area contributed by atoms with Gasteiger partial charge in [-0.2, -0.15) is 16.6 Å². The smallest absolute Gasteiger partial charge is 0.0638 e. The van der Waals surface area contributed by atoms with Crippen molar-refractivity contribution in [2.24, 2.45) is 0 Å². The second-order valence-corrected chi connectivity index (χ2v) is 4.45. The minimum atomic E-state index is 0.286. The highest BCUT2D eigenvalue weighted by Gasteiger charge is 2.07. The molecule has 0 spiro atoms. The number of rotatable bonds is 5. The number of hydrogen-bond acceptors (Lipinski definition) is 3. The quantitative estimate of drug-likeness (QED) is 0.807. The monoisotopic (exact) mass is 208 g/mol. The van der Waals surface area contributed by atoms with E-state index in [9.17, 15) is 0 Å². The maximum Gasteiger partial charge on any atom is 0.0638 e. The lowest BCUT2D eigenvalue weighted by molar-refractivity contribution is 0.469. The summed E-state index contributed by atoms with van der Waals surface area (Å²) in [5, 5.41) is 16.2. The van der Waals surface area contributed by atoms with Gasteiger partial charge in [0.05, 0.1) is 12.5 Å². The Labute approximate surface area is 89.6 Å². The van der Waals surface area contributed by atoms with Crippen molar-refractivity contribution in [3.63, 3.8) is 0 Å². The van der Waals surface area contributed by atoms with E-state index in [0.717, 1.165) is 6.42 Å². The summed E-state index contributed by atoms with van der Waals surface area (Å²) in [6.07, 6.45) is 1.62. The first-order chi connectivity index (χ1) is 6.72. The van der Waals surface area contributed by atoms with E-state index < -0.39 is 0 Å². The van der Waals surface area contributed by atoms with Gasteiger partial charge < -0.3 is 5.32 Å². The molecule has 14 heavy (non-hydrogen) atoms. The van der Waals surface area contributed by atoms with Crippen molar-refractivity contribution in [2.75, 3.05) is 0 Å². The number of hydrogen-bond donors (Lipinski definition) is 1. The molecule has 2 nitrogen and oxygen atoms in total. The molecule has 0 radical (unpaired) electrons. The van der Waals surface area contributed by atoms with E-state index >= 15 is 0 Å². The van der Waals surface area contributed by atoms with Gasteiger partial charge >= 0.3 is 0 Å². The van der Waals surface area contributed by atoms with E-state index in [1.54, 1.807) is 11.3 Å². The van der Waals surface area contributed by atoms with Gasteiger partial charge in [0.15, 0.2) is 0 Å². The standard InChI is InChI=1S/C11H16N2S/c1-9(3-5-12)13-10(2)7-11-4-6-14-8-11/h4,6,8-10,13H,3,7H2,1-2H3. The highest BCUT2D eigenvalue weighted by molar-refractivity contribution is 7.07. The molecule has 2 atom stereocenters. The van der Waals surface area contributed by atoms with E-state index in [1.807, 2.05) is 6.92 Å². The Hall–Kier alpha value is -0.850. The van der Waals surface area contributed by atoms with Gasteiger partial charge in [0.2, 0.25) is 0 Å². The van der Waals surface area contributed by atoms with Crippen LogP contribution in [0.3, 0.4) is 0 Å². The predicted octanol–water partition coefficient (Wildman–Crippen LogP) is 2.57. The molecule has 0 aliphatic rings. The molecule has 76 valence electrons. The average molecular weight is 208 g/mol. The zero-order chi connectivity index (χ0) is 10.4. The van der Waals surface area contributed by atoms with Gasteiger partial charge in [0.1, 0.15) is 0 Å². The number of nitrogens with zero attached hydrogens (tertiary/aromatic N) is 1. The van der Waals surface area contributed by atoms with Crippen molar-refractivity contribution >= 4 is 11.3 Å². The zero-order valence-electron chi connectivity index (χ0n) is 8.66.